The Bertz CT molecular complexity index is 543. The maximum absolute atomic E-state index is 11.9. The van der Waals surface area contributed by atoms with Crippen molar-refractivity contribution in [2.45, 2.75) is 13.3 Å². The van der Waals surface area contributed by atoms with Gasteiger partial charge in [-0.15, -0.1) is 0 Å². The third-order valence-electron chi connectivity index (χ3n) is 2.65. The summed E-state index contributed by atoms with van der Waals surface area (Å²) in [5, 5.41) is 10.4. The van der Waals surface area contributed by atoms with Crippen LogP contribution in [0.5, 0.6) is 5.75 Å². The zero-order valence-electron chi connectivity index (χ0n) is 9.08. The number of Topliss-reactive ketones (excluding diaryl/α,β-unsaturated/α-hetero) is 1. The number of ketones is 1. The van der Waals surface area contributed by atoms with Gasteiger partial charge >= 0.3 is 0 Å². The number of phenols is 1. The first-order valence-corrected chi connectivity index (χ1v) is 5.18. The van der Waals surface area contributed by atoms with Crippen LogP contribution in [0.25, 0.3) is 10.9 Å². The number of phenolic OH excluding ortho intramolecular Hbond substituents is 1. The monoisotopic (exact) mass is 218 g/mol. The number of hydrogen-bond donors (Lipinski definition) is 3. The van der Waals surface area contributed by atoms with Gasteiger partial charge in [0.1, 0.15) is 5.75 Å². The van der Waals surface area contributed by atoms with Crippen molar-refractivity contribution >= 4 is 16.7 Å². The van der Waals surface area contributed by atoms with E-state index >= 15 is 0 Å². The Balaban J connectivity index is 2.65. The topological polar surface area (TPSA) is 79.1 Å². The summed E-state index contributed by atoms with van der Waals surface area (Å²) >= 11 is 0. The number of hydrogen-bond acceptors (Lipinski definition) is 3. The summed E-state index contributed by atoms with van der Waals surface area (Å²) in [6.45, 7) is 2.16. The average Bonchev–Trinajstić information content (AvgIpc) is 2.56. The summed E-state index contributed by atoms with van der Waals surface area (Å²) in [5.74, 6) is 0.171. The average molecular weight is 218 g/mol. The highest BCUT2D eigenvalue weighted by Gasteiger charge is 2.16. The molecule has 0 aliphatic rings. The fourth-order valence-corrected chi connectivity index (χ4v) is 1.95. The predicted octanol–water partition coefficient (Wildman–Crippen LogP) is 1.71. The Morgan fingerprint density at radius 2 is 2.25 bits per heavy atom. The van der Waals surface area contributed by atoms with E-state index in [0.717, 1.165) is 11.1 Å². The van der Waals surface area contributed by atoms with E-state index in [0.29, 0.717) is 24.0 Å². The molecule has 0 aliphatic carbocycles. The Morgan fingerprint density at radius 3 is 2.94 bits per heavy atom. The number of para-hydroxylation sites is 1. The molecule has 1 heterocycles. The van der Waals surface area contributed by atoms with Crippen LogP contribution in [0.15, 0.2) is 18.2 Å². The molecular weight excluding hydrogens is 204 g/mol. The van der Waals surface area contributed by atoms with Gasteiger partial charge in [-0.05, 0) is 19.5 Å². The van der Waals surface area contributed by atoms with E-state index < -0.39 is 0 Å². The molecule has 84 valence electrons. The van der Waals surface area contributed by atoms with Gasteiger partial charge in [0.15, 0.2) is 5.78 Å². The van der Waals surface area contributed by atoms with E-state index in [9.17, 15) is 9.90 Å². The van der Waals surface area contributed by atoms with Gasteiger partial charge in [0, 0.05) is 23.1 Å². The Labute approximate surface area is 93.1 Å². The third-order valence-corrected chi connectivity index (χ3v) is 2.65. The molecule has 1 aromatic heterocycles. The van der Waals surface area contributed by atoms with Gasteiger partial charge < -0.3 is 15.8 Å². The van der Waals surface area contributed by atoms with Crippen molar-refractivity contribution in [2.24, 2.45) is 5.73 Å². The molecule has 4 heteroatoms. The van der Waals surface area contributed by atoms with Gasteiger partial charge in [0.05, 0.1) is 5.52 Å². The zero-order valence-corrected chi connectivity index (χ0v) is 9.08. The van der Waals surface area contributed by atoms with Crippen LogP contribution in [0.4, 0.5) is 0 Å². The number of rotatable bonds is 3. The molecule has 1 aromatic carbocycles. The summed E-state index contributed by atoms with van der Waals surface area (Å²) in [7, 11) is 0. The van der Waals surface area contributed by atoms with Crippen LogP contribution in [0, 0.1) is 6.92 Å². The van der Waals surface area contributed by atoms with Crippen LogP contribution >= 0.6 is 0 Å². The van der Waals surface area contributed by atoms with E-state index in [1.54, 1.807) is 12.1 Å². The molecule has 0 radical (unpaired) electrons. The first-order valence-electron chi connectivity index (χ1n) is 5.18. The Hall–Kier alpha value is -1.81. The molecule has 0 fully saturated rings. The van der Waals surface area contributed by atoms with Gasteiger partial charge in [-0.25, -0.2) is 0 Å². The normalized spacial score (nSPS) is 10.9. The molecule has 0 unspecified atom stereocenters. The number of carbonyl (C=O) groups is 1. The van der Waals surface area contributed by atoms with Gasteiger partial charge in [-0.3, -0.25) is 4.79 Å². The van der Waals surface area contributed by atoms with E-state index in [1.807, 2.05) is 13.0 Å². The van der Waals surface area contributed by atoms with Gasteiger partial charge in [0.2, 0.25) is 0 Å². The first-order chi connectivity index (χ1) is 7.65. The largest absolute Gasteiger partial charge is 0.506 e. The number of aromatic nitrogens is 1. The summed E-state index contributed by atoms with van der Waals surface area (Å²) in [5.41, 5.74) is 7.40. The molecule has 0 bridgehead atoms. The highest BCUT2D eigenvalue weighted by Crippen LogP contribution is 2.29. The number of aromatic amines is 1. The van der Waals surface area contributed by atoms with Crippen molar-refractivity contribution in [1.82, 2.24) is 4.98 Å². The predicted molar refractivity (Wildman–Crippen MR) is 62.7 cm³/mol. The van der Waals surface area contributed by atoms with E-state index in [4.69, 9.17) is 5.73 Å². The molecule has 0 saturated heterocycles. The fraction of sp³-hybridized carbons (Fsp3) is 0.250. The van der Waals surface area contributed by atoms with Crippen molar-refractivity contribution in [3.63, 3.8) is 0 Å². The number of fused-ring (bicyclic) bond motifs is 1. The second-order valence-electron chi connectivity index (χ2n) is 3.79. The van der Waals surface area contributed by atoms with Crippen LogP contribution < -0.4 is 5.73 Å². The lowest BCUT2D eigenvalue weighted by Gasteiger charge is -1.99. The molecule has 4 nitrogen and oxygen atoms in total. The van der Waals surface area contributed by atoms with Crippen molar-refractivity contribution in [2.75, 3.05) is 6.54 Å². The molecule has 0 atom stereocenters. The fourth-order valence-electron chi connectivity index (χ4n) is 1.95. The Kier molecular flexibility index (Phi) is 2.66. The van der Waals surface area contributed by atoms with Gasteiger partial charge in [-0.1, -0.05) is 12.1 Å². The lowest BCUT2D eigenvalue weighted by Crippen LogP contribution is -2.08. The summed E-state index contributed by atoms with van der Waals surface area (Å²) in [6, 6.07) is 5.14. The quantitative estimate of drug-likeness (QED) is 0.686. The van der Waals surface area contributed by atoms with Crippen LogP contribution in [0.2, 0.25) is 0 Å². The lowest BCUT2D eigenvalue weighted by molar-refractivity contribution is 0.0986. The molecule has 0 spiro atoms. The standard InChI is InChI=1S/C12H14N2O2/c1-7-11(9(15)5-6-13)8-3-2-4-10(16)12(8)14-7/h2-4,14,16H,5-6,13H2,1H3. The van der Waals surface area contributed by atoms with Crippen molar-refractivity contribution < 1.29 is 9.90 Å². The smallest absolute Gasteiger partial charge is 0.166 e. The van der Waals surface area contributed by atoms with Crippen molar-refractivity contribution in [3.8, 4) is 5.75 Å². The summed E-state index contributed by atoms with van der Waals surface area (Å²) in [4.78, 5) is 14.9. The van der Waals surface area contributed by atoms with E-state index in [1.165, 1.54) is 0 Å². The minimum atomic E-state index is 0.0110. The van der Waals surface area contributed by atoms with E-state index in [-0.39, 0.29) is 11.5 Å². The number of benzene rings is 1. The summed E-state index contributed by atoms with van der Waals surface area (Å²) < 4.78 is 0. The molecule has 2 rings (SSSR count). The number of nitrogens with two attached hydrogens (primary N) is 1. The first kappa shape index (κ1) is 10.7. The molecule has 0 saturated carbocycles. The molecule has 0 amide bonds. The second-order valence-corrected chi connectivity index (χ2v) is 3.79. The van der Waals surface area contributed by atoms with Gasteiger partial charge in [0.25, 0.3) is 0 Å². The highest BCUT2D eigenvalue weighted by molar-refractivity contribution is 6.10. The van der Waals surface area contributed by atoms with E-state index in [2.05, 4.69) is 4.98 Å². The number of aryl methyl sites for hydroxylation is 1. The zero-order chi connectivity index (χ0) is 11.7. The molecule has 16 heavy (non-hydrogen) atoms. The molecule has 0 aliphatic heterocycles. The van der Waals surface area contributed by atoms with Crippen LogP contribution in [0.1, 0.15) is 22.5 Å². The second kappa shape index (κ2) is 3.98. The summed E-state index contributed by atoms with van der Waals surface area (Å²) in [6.07, 6.45) is 0.323. The van der Waals surface area contributed by atoms with Crippen molar-refractivity contribution in [3.05, 3.63) is 29.5 Å². The van der Waals surface area contributed by atoms with Crippen LogP contribution in [-0.2, 0) is 0 Å². The number of carbonyl (C=O) groups excluding carboxylic acids is 1. The molecular formula is C12H14N2O2. The minimum absolute atomic E-state index is 0.0110. The van der Waals surface area contributed by atoms with Gasteiger partial charge in [-0.2, -0.15) is 0 Å². The number of H-pyrrole nitrogens is 1. The van der Waals surface area contributed by atoms with Crippen LogP contribution in [-0.4, -0.2) is 22.4 Å². The molecule has 4 N–H and O–H groups in total. The van der Waals surface area contributed by atoms with Crippen LogP contribution in [0.3, 0.4) is 0 Å². The third kappa shape index (κ3) is 1.57. The lowest BCUT2D eigenvalue weighted by atomic mass is 10.0. The minimum Gasteiger partial charge on any atom is -0.506 e. The number of aromatic hydroxyl groups is 1. The number of nitrogens with one attached hydrogen (secondary N) is 1. The highest BCUT2D eigenvalue weighted by atomic mass is 16.3. The maximum Gasteiger partial charge on any atom is 0.166 e. The molecule has 2 aromatic rings. The van der Waals surface area contributed by atoms with Crippen molar-refractivity contribution in [1.29, 1.82) is 0 Å². The maximum atomic E-state index is 11.9. The Morgan fingerprint density at radius 1 is 1.50 bits per heavy atom. The SMILES string of the molecule is Cc1[nH]c2c(O)cccc2c1C(=O)CCN.